The number of aliphatic hydroxyl groups excluding tert-OH is 1. The van der Waals surface area contributed by atoms with Crippen molar-refractivity contribution in [2.45, 2.75) is 37.9 Å². The molecule has 2 aliphatic rings. The SMILES string of the molecule is OCC1OC1C1CCCC1. The summed E-state index contributed by atoms with van der Waals surface area (Å²) in [6, 6.07) is 0. The Hall–Kier alpha value is -0.0800. The summed E-state index contributed by atoms with van der Waals surface area (Å²) in [5.74, 6) is 0.775. The van der Waals surface area contributed by atoms with Crippen LogP contribution in [0.15, 0.2) is 0 Å². The van der Waals surface area contributed by atoms with Crippen molar-refractivity contribution >= 4 is 0 Å². The van der Waals surface area contributed by atoms with Crippen LogP contribution in [0, 0.1) is 5.92 Å². The standard InChI is InChI=1S/C8H14O2/c9-5-7-8(10-7)6-3-1-2-4-6/h6-9H,1-5H2. The molecule has 2 atom stereocenters. The van der Waals surface area contributed by atoms with Gasteiger partial charge in [0.1, 0.15) is 6.10 Å². The summed E-state index contributed by atoms with van der Waals surface area (Å²) in [4.78, 5) is 0. The molecule has 1 aliphatic carbocycles. The smallest absolute Gasteiger partial charge is 0.107 e. The molecule has 58 valence electrons. The van der Waals surface area contributed by atoms with E-state index in [1.54, 1.807) is 0 Å². The first-order chi connectivity index (χ1) is 4.92. The van der Waals surface area contributed by atoms with Crippen LogP contribution in [0.1, 0.15) is 25.7 Å². The number of rotatable bonds is 2. The molecule has 0 aromatic rings. The number of ether oxygens (including phenoxy) is 1. The normalized spacial score (nSPS) is 40.5. The molecule has 0 bridgehead atoms. The maximum Gasteiger partial charge on any atom is 0.107 e. The van der Waals surface area contributed by atoms with E-state index in [9.17, 15) is 0 Å². The van der Waals surface area contributed by atoms with Gasteiger partial charge in [0.25, 0.3) is 0 Å². The Bertz CT molecular complexity index is 118. The van der Waals surface area contributed by atoms with E-state index in [0.29, 0.717) is 6.10 Å². The van der Waals surface area contributed by atoms with E-state index >= 15 is 0 Å². The summed E-state index contributed by atoms with van der Waals surface area (Å²) in [7, 11) is 0. The van der Waals surface area contributed by atoms with Gasteiger partial charge < -0.3 is 9.84 Å². The number of aliphatic hydroxyl groups is 1. The molecule has 2 fully saturated rings. The van der Waals surface area contributed by atoms with E-state index in [4.69, 9.17) is 9.84 Å². The molecule has 0 radical (unpaired) electrons. The van der Waals surface area contributed by atoms with E-state index < -0.39 is 0 Å². The highest BCUT2D eigenvalue weighted by atomic mass is 16.6. The van der Waals surface area contributed by atoms with Crippen molar-refractivity contribution in [2.75, 3.05) is 6.61 Å². The zero-order valence-corrected chi connectivity index (χ0v) is 6.12. The lowest BCUT2D eigenvalue weighted by molar-refractivity contribution is 0.239. The molecule has 0 aromatic heterocycles. The van der Waals surface area contributed by atoms with E-state index in [0.717, 1.165) is 5.92 Å². The Kier molecular flexibility index (Phi) is 1.66. The highest BCUT2D eigenvalue weighted by Gasteiger charge is 2.44. The highest BCUT2D eigenvalue weighted by Crippen LogP contribution is 2.38. The van der Waals surface area contributed by atoms with Crippen molar-refractivity contribution in [3.63, 3.8) is 0 Å². The molecule has 0 amide bonds. The van der Waals surface area contributed by atoms with E-state index in [-0.39, 0.29) is 12.7 Å². The molecule has 2 nitrogen and oxygen atoms in total. The molecule has 1 saturated carbocycles. The molecule has 1 saturated heterocycles. The lowest BCUT2D eigenvalue weighted by Gasteiger charge is -2.01. The molecule has 2 heteroatoms. The van der Waals surface area contributed by atoms with Crippen LogP contribution >= 0.6 is 0 Å². The predicted molar refractivity (Wildman–Crippen MR) is 37.7 cm³/mol. The summed E-state index contributed by atoms with van der Waals surface area (Å²) in [5, 5.41) is 8.71. The molecule has 10 heavy (non-hydrogen) atoms. The minimum atomic E-state index is 0.197. The third kappa shape index (κ3) is 1.06. The summed E-state index contributed by atoms with van der Waals surface area (Å²) < 4.78 is 5.30. The minimum Gasteiger partial charge on any atom is -0.394 e. The predicted octanol–water partition coefficient (Wildman–Crippen LogP) is 0.936. The third-order valence-electron chi connectivity index (χ3n) is 2.67. The lowest BCUT2D eigenvalue weighted by atomic mass is 10.0. The Morgan fingerprint density at radius 1 is 1.30 bits per heavy atom. The van der Waals surface area contributed by atoms with Gasteiger partial charge in [-0.3, -0.25) is 0 Å². The summed E-state index contributed by atoms with van der Waals surface area (Å²) in [6.07, 6.45) is 5.99. The van der Waals surface area contributed by atoms with Crippen LogP contribution in [0.25, 0.3) is 0 Å². The molecule has 0 aromatic carbocycles. The number of epoxide rings is 1. The first-order valence-corrected chi connectivity index (χ1v) is 4.18. The van der Waals surface area contributed by atoms with Gasteiger partial charge in [0.15, 0.2) is 0 Å². The lowest BCUT2D eigenvalue weighted by Crippen LogP contribution is -2.08. The van der Waals surface area contributed by atoms with Crippen LogP contribution in [0.3, 0.4) is 0 Å². The fourth-order valence-corrected chi connectivity index (χ4v) is 2.00. The highest BCUT2D eigenvalue weighted by molar-refractivity contribution is 4.91. The zero-order valence-electron chi connectivity index (χ0n) is 6.12. The van der Waals surface area contributed by atoms with Crippen LogP contribution in [0.5, 0.6) is 0 Å². The molecule has 1 N–H and O–H groups in total. The van der Waals surface area contributed by atoms with Gasteiger partial charge in [0.2, 0.25) is 0 Å². The maximum absolute atomic E-state index is 8.71. The van der Waals surface area contributed by atoms with Crippen molar-refractivity contribution in [3.05, 3.63) is 0 Å². The molecular formula is C8H14O2. The summed E-state index contributed by atoms with van der Waals surface area (Å²) in [6.45, 7) is 0.223. The summed E-state index contributed by atoms with van der Waals surface area (Å²) in [5.41, 5.74) is 0. The van der Waals surface area contributed by atoms with Crippen molar-refractivity contribution in [2.24, 2.45) is 5.92 Å². The van der Waals surface area contributed by atoms with Gasteiger partial charge in [-0.05, 0) is 18.8 Å². The second kappa shape index (κ2) is 2.51. The van der Waals surface area contributed by atoms with Crippen LogP contribution in [-0.4, -0.2) is 23.9 Å². The molecule has 2 rings (SSSR count). The Morgan fingerprint density at radius 2 is 2.00 bits per heavy atom. The summed E-state index contributed by atoms with van der Waals surface area (Å²) >= 11 is 0. The average Bonchev–Trinajstić information content (AvgIpc) is 2.56. The quantitative estimate of drug-likeness (QED) is 0.582. The minimum absolute atomic E-state index is 0.197. The fraction of sp³-hybridized carbons (Fsp3) is 1.00. The number of hydrogen-bond acceptors (Lipinski definition) is 2. The third-order valence-corrected chi connectivity index (χ3v) is 2.67. The van der Waals surface area contributed by atoms with Gasteiger partial charge in [-0.15, -0.1) is 0 Å². The van der Waals surface area contributed by atoms with Gasteiger partial charge >= 0.3 is 0 Å². The number of hydrogen-bond donors (Lipinski definition) is 1. The second-order valence-corrected chi connectivity index (χ2v) is 3.37. The fourth-order valence-electron chi connectivity index (χ4n) is 2.00. The van der Waals surface area contributed by atoms with Gasteiger partial charge in [0.05, 0.1) is 12.7 Å². The van der Waals surface area contributed by atoms with Crippen LogP contribution < -0.4 is 0 Å². The molecule has 1 aliphatic heterocycles. The van der Waals surface area contributed by atoms with Crippen LogP contribution in [0.4, 0.5) is 0 Å². The van der Waals surface area contributed by atoms with E-state index in [1.807, 2.05) is 0 Å². The molecule has 2 unspecified atom stereocenters. The van der Waals surface area contributed by atoms with Crippen LogP contribution in [0.2, 0.25) is 0 Å². The van der Waals surface area contributed by atoms with Crippen molar-refractivity contribution in [3.8, 4) is 0 Å². The van der Waals surface area contributed by atoms with Gasteiger partial charge in [-0.2, -0.15) is 0 Å². The first-order valence-electron chi connectivity index (χ1n) is 4.18. The van der Waals surface area contributed by atoms with Gasteiger partial charge in [-0.1, -0.05) is 12.8 Å². The van der Waals surface area contributed by atoms with Crippen molar-refractivity contribution in [1.82, 2.24) is 0 Å². The zero-order chi connectivity index (χ0) is 6.97. The topological polar surface area (TPSA) is 32.8 Å². The van der Waals surface area contributed by atoms with Gasteiger partial charge in [-0.25, -0.2) is 0 Å². The first kappa shape index (κ1) is 6.62. The van der Waals surface area contributed by atoms with E-state index in [2.05, 4.69) is 0 Å². The van der Waals surface area contributed by atoms with Crippen LogP contribution in [-0.2, 0) is 4.74 Å². The Labute approximate surface area is 61.2 Å². The van der Waals surface area contributed by atoms with E-state index in [1.165, 1.54) is 25.7 Å². The Balaban J connectivity index is 1.79. The van der Waals surface area contributed by atoms with Crippen molar-refractivity contribution in [1.29, 1.82) is 0 Å². The molecule has 1 heterocycles. The molecule has 0 spiro atoms. The monoisotopic (exact) mass is 142 g/mol. The second-order valence-electron chi connectivity index (χ2n) is 3.37. The average molecular weight is 142 g/mol. The Morgan fingerprint density at radius 3 is 2.50 bits per heavy atom. The van der Waals surface area contributed by atoms with Gasteiger partial charge in [0, 0.05) is 0 Å². The molecular weight excluding hydrogens is 128 g/mol. The largest absolute Gasteiger partial charge is 0.394 e. The van der Waals surface area contributed by atoms with Crippen molar-refractivity contribution < 1.29 is 9.84 Å². The maximum atomic E-state index is 8.71.